The molecular formula is C20H19N3O2. The quantitative estimate of drug-likeness (QED) is 0.646. The van der Waals surface area contributed by atoms with Gasteiger partial charge in [-0.1, -0.05) is 72.0 Å². The monoisotopic (exact) mass is 333 g/mol. The van der Waals surface area contributed by atoms with Gasteiger partial charge in [0.25, 0.3) is 0 Å². The van der Waals surface area contributed by atoms with Crippen molar-refractivity contribution in [1.82, 2.24) is 15.0 Å². The van der Waals surface area contributed by atoms with Crippen molar-refractivity contribution >= 4 is 18.1 Å². The van der Waals surface area contributed by atoms with Crippen molar-refractivity contribution in [2.24, 2.45) is 0 Å². The van der Waals surface area contributed by atoms with Crippen LogP contribution in [0.2, 0.25) is 0 Å². The standard InChI is InChI=1S/C20H19N3O2/c1-2-25-20(24)19-18(14-13-16-9-5-3-6-10-16)23(22-21-19)15-17-11-7-4-8-12-17/h3-14H,2,15H2,1H3/b14-13+. The summed E-state index contributed by atoms with van der Waals surface area (Å²) in [5.74, 6) is -0.463. The highest BCUT2D eigenvalue weighted by Crippen LogP contribution is 2.14. The van der Waals surface area contributed by atoms with Crippen LogP contribution in [0.25, 0.3) is 12.2 Å². The summed E-state index contributed by atoms with van der Waals surface area (Å²) >= 11 is 0. The van der Waals surface area contributed by atoms with E-state index in [1.165, 1.54) is 0 Å². The van der Waals surface area contributed by atoms with Crippen LogP contribution in [0.4, 0.5) is 0 Å². The van der Waals surface area contributed by atoms with E-state index >= 15 is 0 Å². The first-order valence-corrected chi connectivity index (χ1v) is 8.15. The molecule has 0 saturated heterocycles. The van der Waals surface area contributed by atoms with Gasteiger partial charge in [-0.15, -0.1) is 5.10 Å². The Hall–Kier alpha value is -3.21. The molecule has 0 unspecified atom stereocenters. The normalized spacial score (nSPS) is 10.9. The van der Waals surface area contributed by atoms with Crippen LogP contribution in [0, 0.1) is 0 Å². The van der Waals surface area contributed by atoms with Crippen LogP contribution < -0.4 is 0 Å². The number of rotatable bonds is 6. The molecule has 0 atom stereocenters. The van der Waals surface area contributed by atoms with Gasteiger partial charge >= 0.3 is 5.97 Å². The maximum absolute atomic E-state index is 12.2. The summed E-state index contributed by atoms with van der Waals surface area (Å²) in [5, 5.41) is 8.17. The molecule has 3 aromatic rings. The molecule has 0 N–H and O–H groups in total. The van der Waals surface area contributed by atoms with Gasteiger partial charge in [0.15, 0.2) is 5.69 Å². The predicted molar refractivity (Wildman–Crippen MR) is 96.9 cm³/mol. The largest absolute Gasteiger partial charge is 0.461 e. The molecule has 126 valence electrons. The zero-order valence-electron chi connectivity index (χ0n) is 14.0. The molecule has 0 amide bonds. The highest BCUT2D eigenvalue weighted by Gasteiger charge is 2.19. The second-order valence-corrected chi connectivity index (χ2v) is 5.43. The molecule has 0 fully saturated rings. The van der Waals surface area contributed by atoms with E-state index in [-0.39, 0.29) is 5.69 Å². The highest BCUT2D eigenvalue weighted by molar-refractivity contribution is 5.92. The van der Waals surface area contributed by atoms with Gasteiger partial charge in [-0.05, 0) is 24.1 Å². The minimum Gasteiger partial charge on any atom is -0.461 e. The Morgan fingerprint density at radius 2 is 1.72 bits per heavy atom. The second-order valence-electron chi connectivity index (χ2n) is 5.43. The number of hydrogen-bond donors (Lipinski definition) is 0. The number of carbonyl (C=O) groups is 1. The lowest BCUT2D eigenvalue weighted by Gasteiger charge is -2.05. The van der Waals surface area contributed by atoms with Crippen LogP contribution in [0.15, 0.2) is 60.7 Å². The van der Waals surface area contributed by atoms with Gasteiger partial charge in [-0.2, -0.15) is 0 Å². The van der Waals surface area contributed by atoms with Gasteiger partial charge in [0.1, 0.15) is 0 Å². The van der Waals surface area contributed by atoms with Crippen molar-refractivity contribution in [3.63, 3.8) is 0 Å². The molecule has 1 aromatic heterocycles. The van der Waals surface area contributed by atoms with E-state index in [2.05, 4.69) is 10.3 Å². The van der Waals surface area contributed by atoms with Gasteiger partial charge in [0.2, 0.25) is 0 Å². The van der Waals surface area contributed by atoms with Crippen molar-refractivity contribution in [2.75, 3.05) is 6.61 Å². The van der Waals surface area contributed by atoms with Crippen LogP contribution in [-0.2, 0) is 11.3 Å². The van der Waals surface area contributed by atoms with Gasteiger partial charge in [0, 0.05) is 0 Å². The third-order valence-corrected chi connectivity index (χ3v) is 3.65. The van der Waals surface area contributed by atoms with E-state index in [0.29, 0.717) is 18.8 Å². The van der Waals surface area contributed by atoms with Gasteiger partial charge in [-0.3, -0.25) is 0 Å². The van der Waals surface area contributed by atoms with E-state index < -0.39 is 5.97 Å². The molecule has 0 spiro atoms. The summed E-state index contributed by atoms with van der Waals surface area (Å²) in [4.78, 5) is 12.2. The Morgan fingerprint density at radius 1 is 1.04 bits per heavy atom. The number of carbonyl (C=O) groups excluding carboxylic acids is 1. The lowest BCUT2D eigenvalue weighted by atomic mass is 10.2. The Bertz CT molecular complexity index is 855. The molecule has 0 aliphatic carbocycles. The van der Waals surface area contributed by atoms with Crippen LogP contribution in [0.1, 0.15) is 34.2 Å². The summed E-state index contributed by atoms with van der Waals surface area (Å²) in [6.45, 7) is 2.60. The molecule has 5 heteroatoms. The molecule has 2 aromatic carbocycles. The van der Waals surface area contributed by atoms with E-state index in [1.807, 2.05) is 72.8 Å². The fourth-order valence-corrected chi connectivity index (χ4v) is 2.44. The topological polar surface area (TPSA) is 57.0 Å². The lowest BCUT2D eigenvalue weighted by Crippen LogP contribution is -2.09. The maximum atomic E-state index is 12.2. The summed E-state index contributed by atoms with van der Waals surface area (Å²) in [6, 6.07) is 19.8. The van der Waals surface area contributed by atoms with Crippen molar-refractivity contribution in [3.8, 4) is 0 Å². The third kappa shape index (κ3) is 4.20. The fourth-order valence-electron chi connectivity index (χ4n) is 2.44. The predicted octanol–water partition coefficient (Wildman–Crippen LogP) is 3.67. The minimum atomic E-state index is -0.463. The SMILES string of the molecule is CCOC(=O)c1nnn(Cc2ccccc2)c1/C=C/c1ccccc1. The van der Waals surface area contributed by atoms with Gasteiger partial charge in [0.05, 0.1) is 18.8 Å². The summed E-state index contributed by atoms with van der Waals surface area (Å²) in [5.41, 5.74) is 2.97. The molecule has 0 saturated carbocycles. The Balaban J connectivity index is 1.95. The Kier molecular flexibility index (Phi) is 5.36. The first-order chi connectivity index (χ1) is 12.3. The first-order valence-electron chi connectivity index (χ1n) is 8.15. The zero-order valence-corrected chi connectivity index (χ0v) is 14.0. The van der Waals surface area contributed by atoms with Crippen molar-refractivity contribution in [2.45, 2.75) is 13.5 Å². The van der Waals surface area contributed by atoms with Crippen molar-refractivity contribution < 1.29 is 9.53 Å². The molecular weight excluding hydrogens is 314 g/mol. The first kappa shape index (κ1) is 16.6. The van der Waals surface area contributed by atoms with Crippen LogP contribution in [-0.4, -0.2) is 27.6 Å². The molecule has 3 rings (SSSR count). The van der Waals surface area contributed by atoms with E-state index in [9.17, 15) is 4.79 Å². The average molecular weight is 333 g/mol. The number of ether oxygens (including phenoxy) is 1. The molecule has 1 heterocycles. The van der Waals surface area contributed by atoms with Crippen LogP contribution in [0.5, 0.6) is 0 Å². The van der Waals surface area contributed by atoms with Crippen molar-refractivity contribution in [3.05, 3.63) is 83.2 Å². The molecule has 0 bridgehead atoms. The number of esters is 1. The van der Waals surface area contributed by atoms with Crippen LogP contribution in [0.3, 0.4) is 0 Å². The Labute approximate surface area is 146 Å². The second kappa shape index (κ2) is 8.06. The highest BCUT2D eigenvalue weighted by atomic mass is 16.5. The maximum Gasteiger partial charge on any atom is 0.361 e. The summed E-state index contributed by atoms with van der Waals surface area (Å²) < 4.78 is 6.80. The van der Waals surface area contributed by atoms with E-state index in [4.69, 9.17) is 4.74 Å². The number of aromatic nitrogens is 3. The fraction of sp³-hybridized carbons (Fsp3) is 0.150. The molecule has 0 aliphatic rings. The van der Waals surface area contributed by atoms with E-state index in [1.54, 1.807) is 11.6 Å². The number of benzene rings is 2. The van der Waals surface area contributed by atoms with E-state index in [0.717, 1.165) is 11.1 Å². The van der Waals surface area contributed by atoms with Gasteiger partial charge < -0.3 is 4.74 Å². The lowest BCUT2D eigenvalue weighted by molar-refractivity contribution is 0.0519. The van der Waals surface area contributed by atoms with Crippen molar-refractivity contribution in [1.29, 1.82) is 0 Å². The number of nitrogens with zero attached hydrogens (tertiary/aromatic N) is 3. The van der Waals surface area contributed by atoms with Gasteiger partial charge in [-0.25, -0.2) is 9.48 Å². The summed E-state index contributed by atoms with van der Waals surface area (Å²) in [6.07, 6.45) is 3.79. The molecule has 0 aliphatic heterocycles. The smallest absolute Gasteiger partial charge is 0.361 e. The number of hydrogen-bond acceptors (Lipinski definition) is 4. The zero-order chi connectivity index (χ0) is 17.5. The van der Waals surface area contributed by atoms with Crippen LogP contribution >= 0.6 is 0 Å². The third-order valence-electron chi connectivity index (χ3n) is 3.65. The average Bonchev–Trinajstić information content (AvgIpc) is 3.04. The molecule has 0 radical (unpaired) electrons. The minimum absolute atomic E-state index is 0.227. The Morgan fingerprint density at radius 3 is 2.40 bits per heavy atom. The summed E-state index contributed by atoms with van der Waals surface area (Å²) in [7, 11) is 0. The molecule has 5 nitrogen and oxygen atoms in total. The molecule has 25 heavy (non-hydrogen) atoms.